The van der Waals surface area contributed by atoms with E-state index in [4.69, 9.17) is 11.6 Å². The first-order chi connectivity index (χ1) is 16.0. The highest BCUT2D eigenvalue weighted by atomic mass is 35.5. The maximum atomic E-state index is 13.7. The van der Waals surface area contributed by atoms with Crippen LogP contribution in [0.1, 0.15) is 28.7 Å². The van der Waals surface area contributed by atoms with E-state index in [1.54, 1.807) is 17.9 Å². The molecular weight excluding hydrogens is 436 g/mol. The largest absolute Gasteiger partial charge is 0.350 e. The Morgan fingerprint density at radius 3 is 2.52 bits per heavy atom. The Kier molecular flexibility index (Phi) is 5.38. The van der Waals surface area contributed by atoms with Crippen molar-refractivity contribution in [3.63, 3.8) is 0 Å². The van der Waals surface area contributed by atoms with Crippen molar-refractivity contribution in [2.45, 2.75) is 32.1 Å². The Morgan fingerprint density at radius 2 is 1.73 bits per heavy atom. The summed E-state index contributed by atoms with van der Waals surface area (Å²) in [5, 5.41) is 3.58. The highest BCUT2D eigenvalue weighted by Gasteiger charge is 2.48. The number of para-hydroxylation sites is 2. The molecule has 0 unspecified atom stereocenters. The topological polar surface area (TPSA) is 67.2 Å². The Balaban J connectivity index is 1.55. The van der Waals surface area contributed by atoms with Crippen LogP contribution in [0.2, 0.25) is 5.02 Å². The van der Waals surface area contributed by atoms with Crippen LogP contribution >= 0.6 is 11.6 Å². The van der Waals surface area contributed by atoms with E-state index in [0.29, 0.717) is 23.9 Å². The van der Waals surface area contributed by atoms with Crippen LogP contribution in [0.4, 0.5) is 0 Å². The highest BCUT2D eigenvalue weighted by molar-refractivity contribution is 6.31. The number of carbonyl (C=O) groups is 2. The number of halogens is 1. The van der Waals surface area contributed by atoms with Gasteiger partial charge in [0.25, 0.3) is 5.91 Å². The molecule has 6 nitrogen and oxygen atoms in total. The quantitative estimate of drug-likeness (QED) is 0.481. The van der Waals surface area contributed by atoms with Gasteiger partial charge in [0, 0.05) is 18.1 Å². The van der Waals surface area contributed by atoms with Gasteiger partial charge in [0.2, 0.25) is 5.91 Å². The van der Waals surface area contributed by atoms with Gasteiger partial charge in [-0.1, -0.05) is 72.3 Å². The van der Waals surface area contributed by atoms with Gasteiger partial charge < -0.3 is 14.8 Å². The Morgan fingerprint density at radius 1 is 1.03 bits per heavy atom. The lowest BCUT2D eigenvalue weighted by molar-refractivity contribution is -0.133. The number of rotatable bonds is 5. The lowest BCUT2D eigenvalue weighted by Crippen LogP contribution is -2.63. The molecule has 1 N–H and O–H groups in total. The van der Waals surface area contributed by atoms with Gasteiger partial charge in [-0.2, -0.15) is 0 Å². The SMILES string of the molecule is C[C@]1(C(=O)NCc2ccccc2)Cn2c(nc3ccccc32)C(=O)N1Cc1ccccc1Cl. The van der Waals surface area contributed by atoms with Gasteiger partial charge in [0.05, 0.1) is 17.6 Å². The van der Waals surface area contributed by atoms with Crippen molar-refractivity contribution in [2.75, 3.05) is 0 Å². The predicted octanol–water partition coefficient (Wildman–Crippen LogP) is 4.42. The van der Waals surface area contributed by atoms with E-state index in [1.807, 2.05) is 77.4 Å². The first-order valence-electron chi connectivity index (χ1n) is 10.8. The fourth-order valence-corrected chi connectivity index (χ4v) is 4.54. The molecule has 33 heavy (non-hydrogen) atoms. The van der Waals surface area contributed by atoms with Crippen molar-refractivity contribution in [1.29, 1.82) is 0 Å². The molecule has 3 aromatic carbocycles. The van der Waals surface area contributed by atoms with Gasteiger partial charge >= 0.3 is 0 Å². The number of amides is 2. The summed E-state index contributed by atoms with van der Waals surface area (Å²) in [7, 11) is 0. The monoisotopic (exact) mass is 458 g/mol. The summed E-state index contributed by atoms with van der Waals surface area (Å²) in [4.78, 5) is 33.5. The molecule has 0 radical (unpaired) electrons. The zero-order valence-electron chi connectivity index (χ0n) is 18.2. The minimum atomic E-state index is -1.14. The molecule has 7 heteroatoms. The number of fused-ring (bicyclic) bond motifs is 3. The molecule has 1 aliphatic rings. The van der Waals surface area contributed by atoms with Gasteiger partial charge in [0.15, 0.2) is 5.82 Å². The molecule has 2 heterocycles. The molecule has 0 aliphatic carbocycles. The second kappa shape index (κ2) is 8.37. The first-order valence-corrected chi connectivity index (χ1v) is 11.2. The summed E-state index contributed by atoms with van der Waals surface area (Å²) in [6.07, 6.45) is 0. The van der Waals surface area contributed by atoms with Crippen LogP contribution in [0.15, 0.2) is 78.9 Å². The van der Waals surface area contributed by atoms with E-state index in [2.05, 4.69) is 10.3 Å². The number of imidazole rings is 1. The number of carbonyl (C=O) groups excluding carboxylic acids is 2. The summed E-state index contributed by atoms with van der Waals surface area (Å²) in [6.45, 7) is 2.68. The zero-order chi connectivity index (χ0) is 23.0. The van der Waals surface area contributed by atoms with E-state index < -0.39 is 5.54 Å². The summed E-state index contributed by atoms with van der Waals surface area (Å²) < 4.78 is 1.85. The molecule has 2 amide bonds. The minimum Gasteiger partial charge on any atom is -0.350 e. The first kappa shape index (κ1) is 21.2. The van der Waals surface area contributed by atoms with Gasteiger partial charge in [-0.25, -0.2) is 4.98 Å². The fraction of sp³-hybridized carbons (Fsp3) is 0.192. The maximum Gasteiger partial charge on any atom is 0.291 e. The number of hydrogen-bond acceptors (Lipinski definition) is 3. The molecule has 0 bridgehead atoms. The Labute approximate surface area is 196 Å². The number of hydrogen-bond donors (Lipinski definition) is 1. The minimum absolute atomic E-state index is 0.205. The van der Waals surface area contributed by atoms with Gasteiger partial charge in [-0.05, 0) is 36.2 Å². The molecule has 1 atom stereocenters. The average molecular weight is 459 g/mol. The van der Waals surface area contributed by atoms with Crippen LogP contribution in [-0.4, -0.2) is 31.8 Å². The third-order valence-corrected chi connectivity index (χ3v) is 6.59. The summed E-state index contributed by atoms with van der Waals surface area (Å²) in [5.74, 6) is -0.193. The van der Waals surface area contributed by atoms with Gasteiger partial charge in [0.1, 0.15) is 5.54 Å². The third kappa shape index (κ3) is 3.76. The molecule has 0 saturated heterocycles. The lowest BCUT2D eigenvalue weighted by atomic mass is 9.94. The normalized spacial score (nSPS) is 17.8. The van der Waals surface area contributed by atoms with E-state index in [1.165, 1.54) is 0 Å². The van der Waals surface area contributed by atoms with Crippen LogP contribution in [0, 0.1) is 0 Å². The van der Waals surface area contributed by atoms with E-state index in [9.17, 15) is 9.59 Å². The molecule has 0 saturated carbocycles. The fourth-order valence-electron chi connectivity index (χ4n) is 4.34. The number of nitrogens with one attached hydrogen (secondary N) is 1. The molecular formula is C26H23ClN4O2. The van der Waals surface area contributed by atoms with Crippen LogP contribution in [0.25, 0.3) is 11.0 Å². The average Bonchev–Trinajstić information content (AvgIpc) is 3.20. The molecule has 1 aliphatic heterocycles. The van der Waals surface area contributed by atoms with Crippen molar-refractivity contribution in [3.8, 4) is 0 Å². The van der Waals surface area contributed by atoms with Crippen LogP contribution in [-0.2, 0) is 24.4 Å². The molecule has 1 aromatic heterocycles. The van der Waals surface area contributed by atoms with E-state index in [0.717, 1.165) is 22.2 Å². The maximum absolute atomic E-state index is 13.7. The number of nitrogens with zero attached hydrogens (tertiary/aromatic N) is 3. The van der Waals surface area contributed by atoms with Crippen LogP contribution in [0.5, 0.6) is 0 Å². The number of benzene rings is 3. The molecule has 166 valence electrons. The summed E-state index contributed by atoms with van der Waals surface area (Å²) >= 11 is 6.41. The van der Waals surface area contributed by atoms with Crippen LogP contribution in [0.3, 0.4) is 0 Å². The second-order valence-corrected chi connectivity index (χ2v) is 8.84. The highest BCUT2D eigenvalue weighted by Crippen LogP contribution is 2.33. The lowest BCUT2D eigenvalue weighted by Gasteiger charge is -2.43. The zero-order valence-corrected chi connectivity index (χ0v) is 18.9. The smallest absolute Gasteiger partial charge is 0.291 e. The van der Waals surface area contributed by atoms with Crippen molar-refractivity contribution >= 4 is 34.4 Å². The van der Waals surface area contributed by atoms with Gasteiger partial charge in [-0.15, -0.1) is 0 Å². The van der Waals surface area contributed by atoms with Crippen molar-refractivity contribution in [2.24, 2.45) is 0 Å². The second-order valence-electron chi connectivity index (χ2n) is 8.44. The molecule has 0 fully saturated rings. The van der Waals surface area contributed by atoms with Crippen molar-refractivity contribution < 1.29 is 9.59 Å². The molecule has 5 rings (SSSR count). The van der Waals surface area contributed by atoms with Gasteiger partial charge in [-0.3, -0.25) is 9.59 Å². The summed E-state index contributed by atoms with van der Waals surface area (Å²) in [6, 6.07) is 24.7. The molecule has 0 spiro atoms. The van der Waals surface area contributed by atoms with E-state index in [-0.39, 0.29) is 18.4 Å². The Bertz CT molecular complexity index is 1350. The standard InChI is InChI=1S/C26H23ClN4O2/c1-26(25(33)28-15-18-9-3-2-4-10-18)17-30-22-14-8-7-13-21(22)29-23(30)24(32)31(26)16-19-11-5-6-12-20(19)27/h2-14H,15-17H2,1H3,(H,28,33)/t26-/m1/s1. The predicted molar refractivity (Wildman–Crippen MR) is 128 cm³/mol. The number of aromatic nitrogens is 2. The van der Waals surface area contributed by atoms with Crippen LogP contribution < -0.4 is 5.32 Å². The Hall–Kier alpha value is -3.64. The third-order valence-electron chi connectivity index (χ3n) is 6.22. The summed E-state index contributed by atoms with van der Waals surface area (Å²) in [5.41, 5.74) is 2.19. The van der Waals surface area contributed by atoms with Crippen molar-refractivity contribution in [3.05, 3.63) is 101 Å². The van der Waals surface area contributed by atoms with E-state index >= 15 is 0 Å². The molecule has 4 aromatic rings. The van der Waals surface area contributed by atoms with Crippen molar-refractivity contribution in [1.82, 2.24) is 19.8 Å².